The van der Waals surface area contributed by atoms with Crippen molar-refractivity contribution in [2.75, 3.05) is 37.7 Å². The minimum Gasteiger partial charge on any atom is -0.378 e. The molecule has 0 radical (unpaired) electrons. The van der Waals surface area contributed by atoms with Crippen LogP contribution >= 0.6 is 0 Å². The molecule has 132 valence electrons. The quantitative estimate of drug-likeness (QED) is 0.826. The average molecular weight is 342 g/mol. The summed E-state index contributed by atoms with van der Waals surface area (Å²) in [7, 11) is 1.81. The van der Waals surface area contributed by atoms with Gasteiger partial charge in [0, 0.05) is 38.9 Å². The second-order valence-electron chi connectivity index (χ2n) is 6.48. The van der Waals surface area contributed by atoms with Crippen molar-refractivity contribution < 1.29 is 9.53 Å². The minimum atomic E-state index is -0.0407. The number of nitrogens with zero attached hydrogens (tertiary/aromatic N) is 6. The van der Waals surface area contributed by atoms with E-state index in [1.54, 1.807) is 16.9 Å². The van der Waals surface area contributed by atoms with E-state index >= 15 is 0 Å². The molecule has 2 aromatic heterocycles. The van der Waals surface area contributed by atoms with Crippen LogP contribution in [0.2, 0.25) is 0 Å². The lowest BCUT2D eigenvalue weighted by molar-refractivity contribution is 0.0443. The highest BCUT2D eigenvalue weighted by molar-refractivity contribution is 5.93. The zero-order chi connectivity index (χ0) is 17.4. The zero-order valence-corrected chi connectivity index (χ0v) is 14.6. The first kappa shape index (κ1) is 16.0. The number of amides is 1. The standard InChI is InChI=1S/C17H22N6O2/c1-12-18-14(11-16(19-12)22-7-9-25-10-8-22)15-4-6-23(15)17(24)13-3-5-21(2)20-13/h3,5,11,15H,4,6-10H2,1-2H3/t15-/m1/s1. The van der Waals surface area contributed by atoms with Gasteiger partial charge in [-0.05, 0) is 19.4 Å². The molecule has 2 aliphatic rings. The molecule has 2 fully saturated rings. The van der Waals surface area contributed by atoms with Gasteiger partial charge in [-0.3, -0.25) is 9.48 Å². The summed E-state index contributed by atoms with van der Waals surface area (Å²) in [6, 6.07) is 3.76. The third-order valence-corrected chi connectivity index (χ3v) is 4.73. The average Bonchev–Trinajstić information content (AvgIpc) is 3.01. The summed E-state index contributed by atoms with van der Waals surface area (Å²) in [5.41, 5.74) is 1.39. The number of morpholine rings is 1. The van der Waals surface area contributed by atoms with Crippen molar-refractivity contribution in [1.29, 1.82) is 0 Å². The fourth-order valence-electron chi connectivity index (χ4n) is 3.31. The molecule has 25 heavy (non-hydrogen) atoms. The van der Waals surface area contributed by atoms with E-state index in [1.807, 2.05) is 24.9 Å². The van der Waals surface area contributed by atoms with Crippen LogP contribution in [0.5, 0.6) is 0 Å². The Morgan fingerprint density at radius 3 is 2.68 bits per heavy atom. The molecule has 0 saturated carbocycles. The van der Waals surface area contributed by atoms with Crippen molar-refractivity contribution in [3.63, 3.8) is 0 Å². The predicted molar refractivity (Wildman–Crippen MR) is 91.4 cm³/mol. The van der Waals surface area contributed by atoms with Gasteiger partial charge in [-0.15, -0.1) is 0 Å². The second kappa shape index (κ2) is 6.44. The van der Waals surface area contributed by atoms with E-state index in [0.717, 1.165) is 43.4 Å². The number of ether oxygens (including phenoxy) is 1. The number of hydrogen-bond acceptors (Lipinski definition) is 6. The van der Waals surface area contributed by atoms with E-state index in [4.69, 9.17) is 4.74 Å². The normalized spacial score (nSPS) is 20.5. The van der Waals surface area contributed by atoms with Crippen LogP contribution in [0.3, 0.4) is 0 Å². The molecular formula is C17H22N6O2. The number of rotatable bonds is 3. The Kier molecular flexibility index (Phi) is 4.12. The fourth-order valence-corrected chi connectivity index (χ4v) is 3.31. The van der Waals surface area contributed by atoms with Gasteiger partial charge < -0.3 is 14.5 Å². The van der Waals surface area contributed by atoms with Crippen LogP contribution < -0.4 is 4.90 Å². The maximum Gasteiger partial charge on any atom is 0.274 e. The Morgan fingerprint density at radius 1 is 1.24 bits per heavy atom. The Balaban J connectivity index is 1.56. The third-order valence-electron chi connectivity index (χ3n) is 4.73. The monoisotopic (exact) mass is 342 g/mol. The summed E-state index contributed by atoms with van der Waals surface area (Å²) in [6.07, 6.45) is 2.70. The Labute approximate surface area is 146 Å². The topological polar surface area (TPSA) is 76.4 Å². The Hall–Kier alpha value is -2.48. The molecule has 8 heteroatoms. The van der Waals surface area contributed by atoms with Gasteiger partial charge in [0.25, 0.3) is 5.91 Å². The number of likely N-dealkylation sites (tertiary alicyclic amines) is 1. The molecule has 8 nitrogen and oxygen atoms in total. The van der Waals surface area contributed by atoms with E-state index in [9.17, 15) is 4.79 Å². The molecule has 0 spiro atoms. The molecular weight excluding hydrogens is 320 g/mol. The van der Waals surface area contributed by atoms with Crippen LogP contribution in [-0.2, 0) is 11.8 Å². The Morgan fingerprint density at radius 2 is 2.04 bits per heavy atom. The van der Waals surface area contributed by atoms with Gasteiger partial charge in [0.1, 0.15) is 17.3 Å². The highest BCUT2D eigenvalue weighted by Gasteiger charge is 2.36. The molecule has 1 atom stereocenters. The van der Waals surface area contributed by atoms with Crippen molar-refractivity contribution >= 4 is 11.7 Å². The van der Waals surface area contributed by atoms with Gasteiger partial charge >= 0.3 is 0 Å². The van der Waals surface area contributed by atoms with Gasteiger partial charge in [0.15, 0.2) is 0 Å². The molecule has 0 N–H and O–H groups in total. The molecule has 4 rings (SSSR count). The zero-order valence-electron chi connectivity index (χ0n) is 14.6. The summed E-state index contributed by atoms with van der Waals surface area (Å²) in [6.45, 7) is 5.72. The first-order valence-corrected chi connectivity index (χ1v) is 8.61. The lowest BCUT2D eigenvalue weighted by atomic mass is 9.98. The van der Waals surface area contributed by atoms with Crippen LogP contribution in [0.1, 0.15) is 34.5 Å². The minimum absolute atomic E-state index is 0.00371. The number of anilines is 1. The van der Waals surface area contributed by atoms with E-state index in [-0.39, 0.29) is 11.9 Å². The van der Waals surface area contributed by atoms with Crippen LogP contribution in [0.25, 0.3) is 0 Å². The molecule has 2 aromatic rings. The summed E-state index contributed by atoms with van der Waals surface area (Å²) in [5, 5.41) is 4.22. The van der Waals surface area contributed by atoms with E-state index in [0.29, 0.717) is 18.9 Å². The maximum absolute atomic E-state index is 12.7. The molecule has 2 saturated heterocycles. The molecule has 4 heterocycles. The molecule has 0 unspecified atom stereocenters. The summed E-state index contributed by atoms with van der Waals surface area (Å²) in [5.74, 6) is 1.61. The summed E-state index contributed by atoms with van der Waals surface area (Å²) < 4.78 is 7.06. The smallest absolute Gasteiger partial charge is 0.274 e. The highest BCUT2D eigenvalue weighted by Crippen LogP contribution is 2.34. The Bertz CT molecular complexity index is 783. The predicted octanol–water partition coefficient (Wildman–Crippen LogP) is 0.942. The SMILES string of the molecule is Cc1nc([C@H]2CCN2C(=O)c2ccn(C)n2)cc(N2CCOCC2)n1. The lowest BCUT2D eigenvalue weighted by Crippen LogP contribution is -2.46. The van der Waals surface area contributed by atoms with Crippen molar-refractivity contribution in [3.8, 4) is 0 Å². The van der Waals surface area contributed by atoms with E-state index in [2.05, 4.69) is 20.0 Å². The van der Waals surface area contributed by atoms with Gasteiger partial charge in [0.2, 0.25) is 0 Å². The van der Waals surface area contributed by atoms with Crippen molar-refractivity contribution in [2.24, 2.45) is 7.05 Å². The van der Waals surface area contributed by atoms with Gasteiger partial charge in [0.05, 0.1) is 24.9 Å². The molecule has 0 aliphatic carbocycles. The summed E-state index contributed by atoms with van der Waals surface area (Å²) in [4.78, 5) is 25.9. The van der Waals surface area contributed by atoms with Gasteiger partial charge in [-0.25, -0.2) is 9.97 Å². The first-order valence-electron chi connectivity index (χ1n) is 8.61. The number of carbonyl (C=O) groups is 1. The number of carbonyl (C=O) groups excluding carboxylic acids is 1. The van der Waals surface area contributed by atoms with Crippen LogP contribution in [0.4, 0.5) is 5.82 Å². The summed E-state index contributed by atoms with van der Waals surface area (Å²) >= 11 is 0. The molecule has 0 aromatic carbocycles. The van der Waals surface area contributed by atoms with E-state index in [1.165, 1.54) is 0 Å². The van der Waals surface area contributed by atoms with Crippen molar-refractivity contribution in [3.05, 3.63) is 35.5 Å². The van der Waals surface area contributed by atoms with Gasteiger partial charge in [-0.2, -0.15) is 5.10 Å². The maximum atomic E-state index is 12.7. The second-order valence-corrected chi connectivity index (χ2v) is 6.48. The molecule has 0 bridgehead atoms. The third kappa shape index (κ3) is 3.09. The largest absolute Gasteiger partial charge is 0.378 e. The number of aromatic nitrogens is 4. The molecule has 1 amide bonds. The van der Waals surface area contributed by atoms with Gasteiger partial charge in [-0.1, -0.05) is 0 Å². The number of aryl methyl sites for hydroxylation is 2. The van der Waals surface area contributed by atoms with Crippen LogP contribution in [0.15, 0.2) is 18.3 Å². The highest BCUT2D eigenvalue weighted by atomic mass is 16.5. The fraction of sp³-hybridized carbons (Fsp3) is 0.529. The first-order chi connectivity index (χ1) is 12.1. The van der Waals surface area contributed by atoms with Crippen molar-refractivity contribution in [1.82, 2.24) is 24.6 Å². The van der Waals surface area contributed by atoms with Crippen LogP contribution in [0, 0.1) is 6.92 Å². The number of hydrogen-bond donors (Lipinski definition) is 0. The lowest BCUT2D eigenvalue weighted by Gasteiger charge is -2.40. The van der Waals surface area contributed by atoms with E-state index < -0.39 is 0 Å². The van der Waals surface area contributed by atoms with Crippen LogP contribution in [-0.4, -0.2) is 63.4 Å². The van der Waals surface area contributed by atoms with Crippen molar-refractivity contribution in [2.45, 2.75) is 19.4 Å². The molecule has 2 aliphatic heterocycles.